The van der Waals surface area contributed by atoms with Crippen molar-refractivity contribution in [1.82, 2.24) is 0 Å². The van der Waals surface area contributed by atoms with Crippen molar-refractivity contribution in [2.24, 2.45) is 0 Å². The van der Waals surface area contributed by atoms with Gasteiger partial charge in [-0.05, 0) is 0 Å². The largest absolute Gasteiger partial charge is 0.480 e. The molecule has 0 aromatic carbocycles. The van der Waals surface area contributed by atoms with Crippen molar-refractivity contribution in [3.05, 3.63) is 0 Å². The van der Waals surface area contributed by atoms with Gasteiger partial charge in [-0.15, -0.1) is 0 Å². The summed E-state index contributed by atoms with van der Waals surface area (Å²) in [6, 6.07) is 0. The van der Waals surface area contributed by atoms with Crippen LogP contribution in [0.4, 0.5) is 0 Å². The van der Waals surface area contributed by atoms with Crippen LogP contribution in [0, 0.1) is 0 Å². The highest BCUT2D eigenvalue weighted by molar-refractivity contribution is 5.70. The van der Waals surface area contributed by atoms with E-state index < -0.39 is 25.1 Å². The van der Waals surface area contributed by atoms with Crippen LogP contribution < -0.4 is 0 Å². The highest BCUT2D eigenvalue weighted by Crippen LogP contribution is 1.73. The molecule has 0 radical (unpaired) electrons. The van der Waals surface area contributed by atoms with E-state index in [1.165, 1.54) is 0 Å². The molecule has 0 aliphatic carbocycles. The zero-order valence-electron chi connectivity index (χ0n) is 10.0. The maximum atomic E-state index is 10.5. The molecular weight excluding hydrogens is 128 g/mol. The quantitative estimate of drug-likeness (QED) is 0.532. The molecular formula is C4H6O5. The van der Waals surface area contributed by atoms with Crippen LogP contribution in [0.1, 0.15) is 5.48 Å². The van der Waals surface area contributed by atoms with Crippen LogP contribution in [-0.4, -0.2) is 35.3 Å². The van der Waals surface area contributed by atoms with E-state index in [1.807, 2.05) is 0 Å². The summed E-state index contributed by atoms with van der Waals surface area (Å²) >= 11 is 0. The Hall–Kier alpha value is -1.10. The average molecular weight is 140 g/mol. The number of carbonyl (C=O) groups is 2. The normalized spacial score (nSPS) is 20.9. The molecule has 0 atom stereocenters. The molecule has 0 heterocycles. The topological polar surface area (TPSA) is 83.8 Å². The van der Waals surface area contributed by atoms with Crippen molar-refractivity contribution in [3.8, 4) is 0 Å². The van der Waals surface area contributed by atoms with Gasteiger partial charge >= 0.3 is 11.9 Å². The minimum atomic E-state index is -3.33. The zero-order chi connectivity index (χ0) is 12.3. The number of aliphatic carboxylic acids is 2. The molecule has 2 N–H and O–H groups in total. The average Bonchev–Trinajstić information content (AvgIpc) is 2.13. The monoisotopic (exact) mass is 140 g/mol. The molecule has 0 fully saturated rings. The van der Waals surface area contributed by atoms with Gasteiger partial charge in [0.25, 0.3) is 2.86 Å². The standard InChI is InChI=1S/C4H6O5/c5-3(6)1-9-2-4(7)8/h1-2H2,(H,5,6)(H,7,8)/i1D2,2D2/hD2. The number of hydrogen-bond acceptors (Lipinski definition) is 5. The molecule has 0 saturated heterocycles. The Morgan fingerprint density at radius 3 is 2.22 bits per heavy atom. The lowest BCUT2D eigenvalue weighted by molar-refractivity contribution is -0.148. The maximum absolute atomic E-state index is 10.5. The van der Waals surface area contributed by atoms with Crippen molar-refractivity contribution in [2.45, 2.75) is 0 Å². The van der Waals surface area contributed by atoms with Crippen LogP contribution in [0.3, 0.4) is 0 Å². The molecule has 0 spiro atoms. The van der Waals surface area contributed by atoms with E-state index in [1.54, 1.807) is 0 Å². The van der Waals surface area contributed by atoms with E-state index in [4.69, 9.17) is 8.35 Å². The molecule has 0 amide bonds. The molecule has 0 unspecified atom stereocenters. The number of hydrogen-bond donors (Lipinski definition) is 2. The van der Waals surface area contributed by atoms with E-state index >= 15 is 0 Å². The van der Waals surface area contributed by atoms with Gasteiger partial charge in [0.05, 0.1) is 5.48 Å². The highest BCUT2D eigenvalue weighted by Gasteiger charge is 1.98. The molecule has 5 nitrogen and oxygen atoms in total. The second kappa shape index (κ2) is 3.85. The van der Waals surface area contributed by atoms with Crippen molar-refractivity contribution in [3.63, 3.8) is 0 Å². The Balaban J connectivity index is 4.71. The summed E-state index contributed by atoms with van der Waals surface area (Å²) in [6.45, 7) is -6.67. The molecule has 0 saturated carbocycles. The maximum Gasteiger partial charge on any atom is 0.329 e. The number of rotatable bonds is 4. The summed E-state index contributed by atoms with van der Waals surface area (Å²) in [6.07, 6.45) is 0. The first-order valence-corrected chi connectivity index (χ1v) is 1.72. The van der Waals surface area contributed by atoms with Gasteiger partial charge < -0.3 is 15.0 Å². The number of carboxylic acids is 2. The fourth-order valence-electron chi connectivity index (χ4n) is 0.109. The van der Waals surface area contributed by atoms with Gasteiger partial charge in [-0.3, -0.25) is 0 Å². The molecule has 52 valence electrons. The minimum Gasteiger partial charge on any atom is -0.480 e. The van der Waals surface area contributed by atoms with Gasteiger partial charge in [0.2, 0.25) is 0 Å². The lowest BCUT2D eigenvalue weighted by Crippen LogP contribution is -2.13. The Bertz CT molecular complexity index is 238. The summed E-state index contributed by atoms with van der Waals surface area (Å²) in [4.78, 5) is 21.1. The van der Waals surface area contributed by atoms with Crippen LogP contribution in [0.2, 0.25) is 0 Å². The molecule has 0 rings (SSSR count). The third-order valence-electron chi connectivity index (χ3n) is 0.269. The predicted molar refractivity (Wildman–Crippen MR) is 26.1 cm³/mol. The van der Waals surface area contributed by atoms with Crippen molar-refractivity contribution in [2.75, 3.05) is 13.1 Å². The second-order valence-corrected chi connectivity index (χ2v) is 0.881. The summed E-state index contributed by atoms with van der Waals surface area (Å²) in [5.74, 6) is -3.69. The van der Waals surface area contributed by atoms with E-state index in [-0.39, 0.29) is 0 Å². The summed E-state index contributed by atoms with van der Waals surface area (Å²) in [5, 5.41) is 6.44. The van der Waals surface area contributed by atoms with E-state index in [2.05, 4.69) is 15.0 Å². The van der Waals surface area contributed by atoms with Crippen LogP contribution in [-0.2, 0) is 14.3 Å². The first-order valence-electron chi connectivity index (χ1n) is 4.54. The lowest BCUT2D eigenvalue weighted by atomic mass is 10.7. The fourth-order valence-corrected chi connectivity index (χ4v) is 0.109. The first-order chi connectivity index (χ1) is 6.67. The summed E-state index contributed by atoms with van der Waals surface area (Å²) in [7, 11) is 0. The van der Waals surface area contributed by atoms with E-state index in [0.717, 1.165) is 0 Å². The van der Waals surface area contributed by atoms with E-state index in [0.29, 0.717) is 0 Å². The summed E-state index contributed by atoms with van der Waals surface area (Å²) in [5.41, 5.74) is 0. The molecule has 0 aliphatic heterocycles. The molecule has 0 bridgehead atoms. The van der Waals surface area contributed by atoms with Gasteiger partial charge in [-0.2, -0.15) is 0 Å². The Morgan fingerprint density at radius 1 is 1.44 bits per heavy atom. The van der Waals surface area contributed by atoms with Gasteiger partial charge in [-0.1, -0.05) is 0 Å². The zero-order valence-corrected chi connectivity index (χ0v) is 4.04. The molecule has 9 heavy (non-hydrogen) atoms. The molecule has 0 aliphatic rings. The lowest BCUT2D eigenvalue weighted by Gasteiger charge is -1.92. The minimum absolute atomic E-state index is 1.84. The molecule has 0 aromatic rings. The highest BCUT2D eigenvalue weighted by atomic mass is 16.5. The number of ether oxygens (including phenoxy) is 1. The third-order valence-corrected chi connectivity index (χ3v) is 0.269. The van der Waals surface area contributed by atoms with Crippen molar-refractivity contribution >= 4 is 11.9 Å². The Morgan fingerprint density at radius 2 is 1.89 bits per heavy atom. The van der Waals surface area contributed by atoms with Gasteiger partial charge in [0.1, 0.15) is 13.1 Å². The smallest absolute Gasteiger partial charge is 0.329 e. The Labute approximate surface area is 59.5 Å². The van der Waals surface area contributed by atoms with Crippen LogP contribution >= 0.6 is 0 Å². The third kappa shape index (κ3) is 6.90. The summed E-state index contributed by atoms with van der Waals surface area (Å²) < 4.78 is 43.2. The number of carboxylic acid groups (broad SMARTS) is 2. The van der Waals surface area contributed by atoms with Crippen molar-refractivity contribution < 1.29 is 30.0 Å². The van der Waals surface area contributed by atoms with Gasteiger partial charge in [-0.25, -0.2) is 9.59 Å². The molecule has 0 aromatic heterocycles. The Kier molecular flexibility index (Phi) is 0.967. The predicted octanol–water partition coefficient (Wildman–Crippen LogP) is -0.828. The van der Waals surface area contributed by atoms with Crippen molar-refractivity contribution in [1.29, 1.82) is 2.86 Å². The second-order valence-electron chi connectivity index (χ2n) is 0.881. The van der Waals surface area contributed by atoms with Crippen LogP contribution in [0.15, 0.2) is 0 Å². The first kappa shape index (κ1) is 2.26. The van der Waals surface area contributed by atoms with Gasteiger partial charge in [0, 0.05) is 0 Å². The van der Waals surface area contributed by atoms with Gasteiger partial charge in [0.15, 0.2) is 0 Å². The SMILES string of the molecule is [2H]OC(=O)C([2H])([2H])OC([2H])([2H])C(=O)O[2H]. The molecule has 5 heteroatoms. The fraction of sp³-hybridized carbons (Fsp3) is 0.500. The van der Waals surface area contributed by atoms with Crippen LogP contribution in [0.25, 0.3) is 2.86 Å². The van der Waals surface area contributed by atoms with E-state index in [9.17, 15) is 9.59 Å². The van der Waals surface area contributed by atoms with Crippen LogP contribution in [0.5, 0.6) is 0 Å².